The minimum atomic E-state index is -0.747. The summed E-state index contributed by atoms with van der Waals surface area (Å²) in [5.74, 6) is 2.41. The van der Waals surface area contributed by atoms with E-state index in [-0.39, 0.29) is 5.91 Å². The molecule has 2 bridgehead atoms. The minimum Gasteiger partial charge on any atom is -0.388 e. The highest BCUT2D eigenvalue weighted by Gasteiger charge is 2.40. The van der Waals surface area contributed by atoms with Crippen molar-refractivity contribution in [2.24, 2.45) is 17.8 Å². The summed E-state index contributed by atoms with van der Waals surface area (Å²) in [7, 11) is 0. The van der Waals surface area contributed by atoms with Crippen LogP contribution in [-0.2, 0) is 9.53 Å². The molecule has 0 spiro atoms. The molecule has 1 saturated heterocycles. The summed E-state index contributed by atoms with van der Waals surface area (Å²) in [6.45, 7) is 1.58. The fourth-order valence-electron chi connectivity index (χ4n) is 4.13. The molecule has 2 N–H and O–H groups in total. The van der Waals surface area contributed by atoms with Gasteiger partial charge in [-0.2, -0.15) is 0 Å². The Bertz CT molecular complexity index is 338. The second-order valence-electron chi connectivity index (χ2n) is 6.75. The summed E-state index contributed by atoms with van der Waals surface area (Å²) in [6.07, 6.45) is 7.21. The van der Waals surface area contributed by atoms with Gasteiger partial charge in [0.1, 0.15) is 0 Å². The van der Waals surface area contributed by atoms with Gasteiger partial charge in [-0.05, 0) is 37.0 Å². The van der Waals surface area contributed by atoms with E-state index < -0.39 is 5.60 Å². The van der Waals surface area contributed by atoms with Crippen molar-refractivity contribution < 1.29 is 14.6 Å². The third kappa shape index (κ3) is 3.11. The number of carbonyl (C=O) groups excluding carboxylic acids is 1. The summed E-state index contributed by atoms with van der Waals surface area (Å²) >= 11 is 0. The van der Waals surface area contributed by atoms with E-state index in [1.54, 1.807) is 0 Å². The normalized spacial score (nSPS) is 36.4. The summed E-state index contributed by atoms with van der Waals surface area (Å²) in [4.78, 5) is 12.0. The largest absolute Gasteiger partial charge is 0.388 e. The van der Waals surface area contributed by atoms with Crippen LogP contribution in [0.3, 0.4) is 0 Å². The number of ether oxygens (including phenoxy) is 1. The van der Waals surface area contributed by atoms with Gasteiger partial charge in [-0.15, -0.1) is 0 Å². The Morgan fingerprint density at radius 3 is 2.68 bits per heavy atom. The highest BCUT2D eigenvalue weighted by Crippen LogP contribution is 2.49. The van der Waals surface area contributed by atoms with E-state index in [0.29, 0.717) is 44.9 Å². The smallest absolute Gasteiger partial charge is 0.220 e. The Morgan fingerprint density at radius 1 is 1.26 bits per heavy atom. The monoisotopic (exact) mass is 267 g/mol. The van der Waals surface area contributed by atoms with E-state index >= 15 is 0 Å². The summed E-state index contributed by atoms with van der Waals surface area (Å²) < 4.78 is 5.24. The highest BCUT2D eigenvalue weighted by molar-refractivity contribution is 5.76. The predicted octanol–water partition coefficient (Wildman–Crippen LogP) is 1.47. The van der Waals surface area contributed by atoms with Crippen molar-refractivity contribution in [2.45, 2.75) is 50.5 Å². The lowest BCUT2D eigenvalue weighted by Gasteiger charge is -2.32. The van der Waals surface area contributed by atoms with Crippen molar-refractivity contribution in [3.8, 4) is 0 Å². The molecule has 3 unspecified atom stereocenters. The van der Waals surface area contributed by atoms with Crippen molar-refractivity contribution in [2.75, 3.05) is 19.8 Å². The molecule has 2 saturated carbocycles. The zero-order valence-electron chi connectivity index (χ0n) is 11.6. The lowest BCUT2D eigenvalue weighted by atomic mass is 9.86. The van der Waals surface area contributed by atoms with Gasteiger partial charge in [0.05, 0.1) is 5.60 Å². The molecule has 3 aliphatic rings. The van der Waals surface area contributed by atoms with Crippen LogP contribution in [0.4, 0.5) is 0 Å². The first-order valence-corrected chi connectivity index (χ1v) is 7.71. The van der Waals surface area contributed by atoms with Crippen molar-refractivity contribution in [3.05, 3.63) is 0 Å². The Labute approximate surface area is 114 Å². The molecule has 0 aromatic carbocycles. The highest BCUT2D eigenvalue weighted by atomic mass is 16.5. The molecule has 3 rings (SSSR count). The fraction of sp³-hybridized carbons (Fsp3) is 0.933. The van der Waals surface area contributed by atoms with E-state index in [1.807, 2.05) is 0 Å². The number of nitrogens with one attached hydrogen (secondary N) is 1. The van der Waals surface area contributed by atoms with Crippen molar-refractivity contribution >= 4 is 5.91 Å². The number of amides is 1. The first-order chi connectivity index (χ1) is 9.15. The molecule has 1 aliphatic heterocycles. The number of rotatable bonds is 4. The molecule has 19 heavy (non-hydrogen) atoms. The maximum atomic E-state index is 12.0. The molecule has 4 nitrogen and oxygen atoms in total. The molecule has 2 aliphatic carbocycles. The molecule has 4 heteroatoms. The maximum absolute atomic E-state index is 12.0. The van der Waals surface area contributed by atoms with Crippen LogP contribution in [0, 0.1) is 17.8 Å². The van der Waals surface area contributed by atoms with Crippen molar-refractivity contribution in [1.29, 1.82) is 0 Å². The third-order valence-corrected chi connectivity index (χ3v) is 5.37. The van der Waals surface area contributed by atoms with E-state index in [2.05, 4.69) is 5.32 Å². The van der Waals surface area contributed by atoms with Crippen LogP contribution in [0.25, 0.3) is 0 Å². The number of hydrogen-bond acceptors (Lipinski definition) is 3. The third-order valence-electron chi connectivity index (χ3n) is 5.37. The molecule has 0 aromatic rings. The van der Waals surface area contributed by atoms with Gasteiger partial charge in [0.2, 0.25) is 5.91 Å². The standard InChI is InChI=1S/C15H25NO3/c17-14(9-13-8-11-1-2-12(13)7-11)16-10-15(18)3-5-19-6-4-15/h11-13,18H,1-10H2,(H,16,17). The van der Waals surface area contributed by atoms with Crippen LogP contribution in [0.5, 0.6) is 0 Å². The van der Waals surface area contributed by atoms with Gasteiger partial charge in [0.25, 0.3) is 0 Å². The minimum absolute atomic E-state index is 0.123. The van der Waals surface area contributed by atoms with Crippen LogP contribution in [0.1, 0.15) is 44.9 Å². The van der Waals surface area contributed by atoms with Crippen LogP contribution < -0.4 is 5.32 Å². The predicted molar refractivity (Wildman–Crippen MR) is 71.6 cm³/mol. The molecular formula is C15H25NO3. The first kappa shape index (κ1) is 13.4. The van der Waals surface area contributed by atoms with Gasteiger partial charge in [0, 0.05) is 39.0 Å². The molecule has 1 amide bonds. The quantitative estimate of drug-likeness (QED) is 0.811. The van der Waals surface area contributed by atoms with Gasteiger partial charge in [-0.3, -0.25) is 4.79 Å². The molecule has 108 valence electrons. The first-order valence-electron chi connectivity index (χ1n) is 7.71. The molecular weight excluding hydrogens is 242 g/mol. The molecule has 0 aromatic heterocycles. The molecule has 1 heterocycles. The summed E-state index contributed by atoms with van der Waals surface area (Å²) in [5, 5.41) is 13.2. The average molecular weight is 267 g/mol. The van der Waals surface area contributed by atoms with E-state index in [4.69, 9.17) is 4.74 Å². The van der Waals surface area contributed by atoms with Crippen LogP contribution in [-0.4, -0.2) is 36.4 Å². The fourth-order valence-corrected chi connectivity index (χ4v) is 4.13. The van der Waals surface area contributed by atoms with E-state index in [0.717, 1.165) is 11.8 Å². The lowest BCUT2D eigenvalue weighted by Crippen LogP contribution is -2.47. The molecule has 3 atom stereocenters. The molecule has 0 radical (unpaired) electrons. The van der Waals surface area contributed by atoms with Crippen LogP contribution >= 0.6 is 0 Å². The van der Waals surface area contributed by atoms with E-state index in [9.17, 15) is 9.90 Å². The second kappa shape index (κ2) is 5.41. The number of carbonyl (C=O) groups is 1. The van der Waals surface area contributed by atoms with Gasteiger partial charge in [0.15, 0.2) is 0 Å². The number of aliphatic hydroxyl groups is 1. The summed E-state index contributed by atoms with van der Waals surface area (Å²) in [6, 6.07) is 0. The Hall–Kier alpha value is -0.610. The van der Waals surface area contributed by atoms with Crippen LogP contribution in [0.15, 0.2) is 0 Å². The van der Waals surface area contributed by atoms with Gasteiger partial charge < -0.3 is 15.2 Å². The van der Waals surface area contributed by atoms with Crippen molar-refractivity contribution in [1.82, 2.24) is 5.32 Å². The summed E-state index contributed by atoms with van der Waals surface area (Å²) in [5.41, 5.74) is -0.747. The topological polar surface area (TPSA) is 58.6 Å². The zero-order valence-corrected chi connectivity index (χ0v) is 11.6. The van der Waals surface area contributed by atoms with Crippen LogP contribution in [0.2, 0.25) is 0 Å². The Morgan fingerprint density at radius 2 is 2.05 bits per heavy atom. The zero-order chi connectivity index (χ0) is 13.3. The number of fused-ring (bicyclic) bond motifs is 2. The van der Waals surface area contributed by atoms with Crippen molar-refractivity contribution in [3.63, 3.8) is 0 Å². The Kier molecular flexibility index (Phi) is 3.81. The molecule has 3 fully saturated rings. The van der Waals surface area contributed by atoms with E-state index in [1.165, 1.54) is 25.7 Å². The number of hydrogen-bond donors (Lipinski definition) is 2. The lowest BCUT2D eigenvalue weighted by molar-refractivity contribution is -0.125. The van der Waals surface area contributed by atoms with Gasteiger partial charge in [-0.1, -0.05) is 6.42 Å². The van der Waals surface area contributed by atoms with Gasteiger partial charge in [-0.25, -0.2) is 0 Å². The average Bonchev–Trinajstić information content (AvgIpc) is 3.00. The SMILES string of the molecule is O=C(CC1CC2CCC1C2)NCC1(O)CCOCC1. The second-order valence-corrected chi connectivity index (χ2v) is 6.75. The maximum Gasteiger partial charge on any atom is 0.220 e. The Balaban J connectivity index is 1.41. The van der Waals surface area contributed by atoms with Gasteiger partial charge >= 0.3 is 0 Å².